The molecule has 1 aromatic rings. The summed E-state index contributed by atoms with van der Waals surface area (Å²) in [4.78, 5) is 15.4. The summed E-state index contributed by atoms with van der Waals surface area (Å²) in [6, 6.07) is 2.12. The van der Waals surface area contributed by atoms with Gasteiger partial charge in [-0.25, -0.2) is 0 Å². The zero-order chi connectivity index (χ0) is 13.0. The van der Waals surface area contributed by atoms with Gasteiger partial charge in [-0.2, -0.15) is 0 Å². The van der Waals surface area contributed by atoms with Crippen LogP contribution in [0.2, 0.25) is 0 Å². The van der Waals surface area contributed by atoms with Crippen LogP contribution in [0.5, 0.6) is 0 Å². The maximum atomic E-state index is 12.1. The third-order valence-electron chi connectivity index (χ3n) is 3.59. The van der Waals surface area contributed by atoms with Gasteiger partial charge >= 0.3 is 0 Å². The molecular weight excluding hydrogens is 310 g/mol. The first-order valence-corrected chi connectivity index (χ1v) is 8.37. The molecule has 0 N–H and O–H groups in total. The zero-order valence-electron chi connectivity index (χ0n) is 10.8. The van der Waals surface area contributed by atoms with E-state index < -0.39 is 0 Å². The van der Waals surface area contributed by atoms with Crippen molar-refractivity contribution in [2.45, 2.75) is 45.6 Å². The number of halogens is 1. The largest absolute Gasteiger partial charge is 0.338 e. The van der Waals surface area contributed by atoms with E-state index in [-0.39, 0.29) is 0 Å². The van der Waals surface area contributed by atoms with Gasteiger partial charge in [-0.3, -0.25) is 4.79 Å². The molecule has 0 aliphatic carbocycles. The van der Waals surface area contributed by atoms with Crippen LogP contribution >= 0.6 is 27.3 Å². The first kappa shape index (κ1) is 14.1. The summed E-state index contributed by atoms with van der Waals surface area (Å²) in [6.45, 7) is 3.95. The molecule has 1 saturated heterocycles. The van der Waals surface area contributed by atoms with Crippen molar-refractivity contribution >= 4 is 33.2 Å². The maximum absolute atomic E-state index is 12.1. The van der Waals surface area contributed by atoms with Crippen LogP contribution in [0, 0.1) is 5.92 Å². The molecule has 1 aliphatic heterocycles. The number of amides is 1. The number of carbonyl (C=O) groups is 1. The van der Waals surface area contributed by atoms with Crippen molar-refractivity contribution in [3.05, 3.63) is 20.8 Å². The molecule has 0 spiro atoms. The SMILES string of the molecule is CCCC1CCC(=O)N(Cc2cc(Br)cs2)CC1. The van der Waals surface area contributed by atoms with Gasteiger partial charge in [0.1, 0.15) is 0 Å². The van der Waals surface area contributed by atoms with Crippen LogP contribution in [0.3, 0.4) is 0 Å². The number of likely N-dealkylation sites (tertiary alicyclic amines) is 1. The van der Waals surface area contributed by atoms with Gasteiger partial charge in [0.05, 0.1) is 6.54 Å². The molecule has 1 amide bonds. The Balaban J connectivity index is 1.93. The minimum atomic E-state index is 0.332. The van der Waals surface area contributed by atoms with Crippen LogP contribution in [0.15, 0.2) is 15.9 Å². The lowest BCUT2D eigenvalue weighted by atomic mass is 9.96. The molecule has 0 saturated carbocycles. The van der Waals surface area contributed by atoms with E-state index in [1.165, 1.54) is 24.1 Å². The van der Waals surface area contributed by atoms with Crippen LogP contribution in [0.4, 0.5) is 0 Å². The molecule has 100 valence electrons. The lowest BCUT2D eigenvalue weighted by Gasteiger charge is -2.20. The quantitative estimate of drug-likeness (QED) is 0.799. The Kier molecular flexibility index (Phi) is 5.25. The molecule has 2 nitrogen and oxygen atoms in total. The van der Waals surface area contributed by atoms with Crippen molar-refractivity contribution < 1.29 is 4.79 Å². The molecule has 2 heterocycles. The third kappa shape index (κ3) is 3.82. The summed E-state index contributed by atoms with van der Waals surface area (Å²) in [7, 11) is 0. The van der Waals surface area contributed by atoms with E-state index in [1.54, 1.807) is 11.3 Å². The van der Waals surface area contributed by atoms with Gasteiger partial charge in [-0.15, -0.1) is 11.3 Å². The van der Waals surface area contributed by atoms with E-state index in [4.69, 9.17) is 0 Å². The summed E-state index contributed by atoms with van der Waals surface area (Å²) in [5.74, 6) is 1.08. The topological polar surface area (TPSA) is 20.3 Å². The van der Waals surface area contributed by atoms with Crippen molar-refractivity contribution in [3.63, 3.8) is 0 Å². The van der Waals surface area contributed by atoms with Crippen LogP contribution in [-0.4, -0.2) is 17.4 Å². The van der Waals surface area contributed by atoms with Gasteiger partial charge in [0.2, 0.25) is 5.91 Å². The Bertz CT molecular complexity index is 404. The van der Waals surface area contributed by atoms with E-state index >= 15 is 0 Å². The van der Waals surface area contributed by atoms with E-state index in [0.717, 1.165) is 36.3 Å². The molecule has 0 aromatic carbocycles. The number of hydrogen-bond donors (Lipinski definition) is 0. The lowest BCUT2D eigenvalue weighted by Crippen LogP contribution is -2.29. The van der Waals surface area contributed by atoms with Crippen molar-refractivity contribution in [1.82, 2.24) is 4.90 Å². The molecule has 1 aromatic heterocycles. The molecular formula is C14H20BrNOS. The number of thiophene rings is 1. The fourth-order valence-corrected chi connectivity index (χ4v) is 4.05. The third-order valence-corrected chi connectivity index (χ3v) is 5.27. The average Bonchev–Trinajstić information content (AvgIpc) is 2.68. The number of hydrogen-bond acceptors (Lipinski definition) is 2. The minimum Gasteiger partial charge on any atom is -0.338 e. The molecule has 1 unspecified atom stereocenters. The van der Waals surface area contributed by atoms with Gasteiger partial charge in [0.15, 0.2) is 0 Å². The lowest BCUT2D eigenvalue weighted by molar-refractivity contribution is -0.131. The highest BCUT2D eigenvalue weighted by atomic mass is 79.9. The fourth-order valence-electron chi connectivity index (χ4n) is 2.58. The molecule has 2 rings (SSSR count). The number of rotatable bonds is 4. The van der Waals surface area contributed by atoms with Crippen molar-refractivity contribution in [1.29, 1.82) is 0 Å². The maximum Gasteiger partial charge on any atom is 0.222 e. The first-order valence-electron chi connectivity index (χ1n) is 6.69. The molecule has 0 radical (unpaired) electrons. The monoisotopic (exact) mass is 329 g/mol. The molecule has 1 atom stereocenters. The highest BCUT2D eigenvalue weighted by molar-refractivity contribution is 9.10. The predicted octanol–water partition coefficient (Wildman–Crippen LogP) is 4.44. The molecule has 1 aliphatic rings. The van der Waals surface area contributed by atoms with Crippen LogP contribution in [-0.2, 0) is 11.3 Å². The number of nitrogens with zero attached hydrogens (tertiary/aromatic N) is 1. The summed E-state index contributed by atoms with van der Waals surface area (Å²) >= 11 is 5.19. The Morgan fingerprint density at radius 3 is 3.00 bits per heavy atom. The Hall–Kier alpha value is -0.350. The summed E-state index contributed by atoms with van der Waals surface area (Å²) in [5.41, 5.74) is 0. The summed E-state index contributed by atoms with van der Waals surface area (Å²) in [5, 5.41) is 2.08. The second kappa shape index (κ2) is 6.71. The minimum absolute atomic E-state index is 0.332. The van der Waals surface area contributed by atoms with E-state index in [9.17, 15) is 4.79 Å². The van der Waals surface area contributed by atoms with Gasteiger partial charge in [0, 0.05) is 27.7 Å². The Morgan fingerprint density at radius 1 is 1.50 bits per heavy atom. The fraction of sp³-hybridized carbons (Fsp3) is 0.643. The van der Waals surface area contributed by atoms with Crippen molar-refractivity contribution in [2.24, 2.45) is 5.92 Å². The Labute approximate surface area is 122 Å². The van der Waals surface area contributed by atoms with Crippen molar-refractivity contribution in [3.8, 4) is 0 Å². The first-order chi connectivity index (χ1) is 8.69. The van der Waals surface area contributed by atoms with Gasteiger partial charge in [-0.05, 0) is 40.8 Å². The smallest absolute Gasteiger partial charge is 0.222 e. The molecule has 4 heteroatoms. The molecule has 18 heavy (non-hydrogen) atoms. The second-order valence-corrected chi connectivity index (χ2v) is 6.94. The number of carbonyl (C=O) groups excluding carboxylic acids is 1. The highest BCUT2D eigenvalue weighted by Crippen LogP contribution is 2.26. The highest BCUT2D eigenvalue weighted by Gasteiger charge is 2.22. The van der Waals surface area contributed by atoms with Crippen molar-refractivity contribution in [2.75, 3.05) is 6.54 Å². The molecule has 1 fully saturated rings. The van der Waals surface area contributed by atoms with Gasteiger partial charge in [0.25, 0.3) is 0 Å². The van der Waals surface area contributed by atoms with E-state index in [2.05, 4.69) is 34.3 Å². The van der Waals surface area contributed by atoms with E-state index in [0.29, 0.717) is 5.91 Å². The van der Waals surface area contributed by atoms with Crippen LogP contribution in [0.25, 0.3) is 0 Å². The van der Waals surface area contributed by atoms with Crippen LogP contribution in [0.1, 0.15) is 43.9 Å². The average molecular weight is 330 g/mol. The van der Waals surface area contributed by atoms with Gasteiger partial charge in [-0.1, -0.05) is 19.8 Å². The normalized spacial score (nSPS) is 21.1. The zero-order valence-corrected chi connectivity index (χ0v) is 13.2. The van der Waals surface area contributed by atoms with E-state index in [1.807, 2.05) is 4.90 Å². The molecule has 0 bridgehead atoms. The standard InChI is InChI=1S/C14H20BrNOS/c1-2-3-11-4-5-14(17)16(7-6-11)9-13-8-12(15)10-18-13/h8,10-11H,2-7,9H2,1H3. The summed E-state index contributed by atoms with van der Waals surface area (Å²) < 4.78 is 1.12. The van der Waals surface area contributed by atoms with Gasteiger partial charge < -0.3 is 4.90 Å². The second-order valence-electron chi connectivity index (χ2n) is 5.03. The summed E-state index contributed by atoms with van der Waals surface area (Å²) in [6.07, 6.45) is 5.49. The Morgan fingerprint density at radius 2 is 2.33 bits per heavy atom. The van der Waals surface area contributed by atoms with Crippen LogP contribution < -0.4 is 0 Å². The predicted molar refractivity (Wildman–Crippen MR) is 79.7 cm³/mol.